The Balaban J connectivity index is 1.53. The normalized spacial score (nSPS) is 17.2. The number of aromatic nitrogens is 3. The van der Waals surface area contributed by atoms with Crippen LogP contribution in [0.3, 0.4) is 0 Å². The van der Waals surface area contributed by atoms with Gasteiger partial charge in [0.05, 0.1) is 19.3 Å². The van der Waals surface area contributed by atoms with Crippen molar-refractivity contribution in [3.05, 3.63) is 77.1 Å². The summed E-state index contributed by atoms with van der Waals surface area (Å²) < 4.78 is 7.81. The maximum atomic E-state index is 5.94. The predicted molar refractivity (Wildman–Crippen MR) is 97.5 cm³/mol. The Hall–Kier alpha value is -2.66. The van der Waals surface area contributed by atoms with Gasteiger partial charge in [0.25, 0.3) is 0 Å². The Kier molecular flexibility index (Phi) is 4.24. The van der Waals surface area contributed by atoms with Gasteiger partial charge < -0.3 is 9.64 Å². The van der Waals surface area contributed by atoms with Gasteiger partial charge >= 0.3 is 0 Å². The van der Waals surface area contributed by atoms with Crippen molar-refractivity contribution >= 4 is 5.69 Å². The van der Waals surface area contributed by atoms with Gasteiger partial charge in [-0.05, 0) is 37.1 Å². The highest BCUT2D eigenvalue weighted by Crippen LogP contribution is 2.31. The molecule has 1 atom stereocenters. The average Bonchev–Trinajstić information content (AvgIpc) is 3.26. The average molecular weight is 334 g/mol. The van der Waals surface area contributed by atoms with Gasteiger partial charge in [-0.15, -0.1) is 5.10 Å². The van der Waals surface area contributed by atoms with E-state index in [2.05, 4.69) is 77.6 Å². The van der Waals surface area contributed by atoms with Crippen molar-refractivity contribution in [1.29, 1.82) is 0 Å². The number of anilines is 1. The van der Waals surface area contributed by atoms with Gasteiger partial charge in [0.15, 0.2) is 6.23 Å². The summed E-state index contributed by atoms with van der Waals surface area (Å²) in [7, 11) is 0. The van der Waals surface area contributed by atoms with Crippen LogP contribution < -0.4 is 4.90 Å². The molecule has 128 valence electrons. The van der Waals surface area contributed by atoms with Gasteiger partial charge in [-0.3, -0.25) is 0 Å². The van der Waals surface area contributed by atoms with Crippen molar-refractivity contribution in [1.82, 2.24) is 15.0 Å². The van der Waals surface area contributed by atoms with Crippen molar-refractivity contribution in [3.8, 4) is 0 Å². The lowest BCUT2D eigenvalue weighted by Crippen LogP contribution is -2.23. The molecule has 1 aromatic heterocycles. The lowest BCUT2D eigenvalue weighted by molar-refractivity contribution is 0.110. The monoisotopic (exact) mass is 334 g/mol. The van der Waals surface area contributed by atoms with Crippen LogP contribution in [0.1, 0.15) is 28.6 Å². The molecule has 1 aliphatic rings. The number of benzene rings is 2. The van der Waals surface area contributed by atoms with E-state index in [1.54, 1.807) is 0 Å². The Morgan fingerprint density at radius 1 is 1.08 bits per heavy atom. The summed E-state index contributed by atoms with van der Waals surface area (Å²) >= 11 is 0. The van der Waals surface area contributed by atoms with E-state index in [1.807, 2.05) is 10.9 Å². The van der Waals surface area contributed by atoms with E-state index in [4.69, 9.17) is 4.74 Å². The topological polar surface area (TPSA) is 43.2 Å². The fourth-order valence-electron chi connectivity index (χ4n) is 3.17. The van der Waals surface area contributed by atoms with Crippen LogP contribution in [-0.2, 0) is 11.3 Å². The molecule has 2 heterocycles. The van der Waals surface area contributed by atoms with Crippen LogP contribution in [0.4, 0.5) is 5.69 Å². The third-order valence-electron chi connectivity index (χ3n) is 4.50. The predicted octanol–water partition coefficient (Wildman–Crippen LogP) is 3.48. The molecule has 0 spiro atoms. The molecule has 2 aromatic carbocycles. The van der Waals surface area contributed by atoms with Crippen molar-refractivity contribution in [2.24, 2.45) is 0 Å². The molecule has 4 rings (SSSR count). The molecule has 1 aliphatic heterocycles. The first-order valence-electron chi connectivity index (χ1n) is 8.59. The highest BCUT2D eigenvalue weighted by molar-refractivity contribution is 5.50. The number of ether oxygens (including phenoxy) is 1. The highest BCUT2D eigenvalue weighted by atomic mass is 16.5. The first-order chi connectivity index (χ1) is 12.2. The molecule has 0 saturated carbocycles. The molecule has 5 nitrogen and oxygen atoms in total. The molecule has 0 amide bonds. The van der Waals surface area contributed by atoms with Gasteiger partial charge in [0.1, 0.15) is 5.69 Å². The first-order valence-corrected chi connectivity index (χ1v) is 8.59. The zero-order valence-corrected chi connectivity index (χ0v) is 14.6. The molecule has 0 N–H and O–H groups in total. The number of hydrogen-bond acceptors (Lipinski definition) is 4. The summed E-state index contributed by atoms with van der Waals surface area (Å²) in [6.45, 7) is 6.47. The SMILES string of the molecule is Cc1ccc(Cn2cc([C@H]3OCCN3c3cccc(C)c3)nn2)cc1. The van der Waals surface area contributed by atoms with E-state index >= 15 is 0 Å². The minimum absolute atomic E-state index is 0.173. The van der Waals surface area contributed by atoms with Crippen LogP contribution >= 0.6 is 0 Å². The van der Waals surface area contributed by atoms with Crippen LogP contribution in [0.2, 0.25) is 0 Å². The lowest BCUT2D eigenvalue weighted by Gasteiger charge is -2.23. The molecule has 25 heavy (non-hydrogen) atoms. The lowest BCUT2D eigenvalue weighted by atomic mass is 10.1. The third kappa shape index (κ3) is 3.42. The van der Waals surface area contributed by atoms with Crippen molar-refractivity contribution < 1.29 is 4.74 Å². The van der Waals surface area contributed by atoms with Crippen LogP contribution in [0, 0.1) is 13.8 Å². The van der Waals surface area contributed by atoms with Crippen molar-refractivity contribution in [2.75, 3.05) is 18.1 Å². The molecule has 5 heteroatoms. The minimum atomic E-state index is -0.173. The maximum Gasteiger partial charge on any atom is 0.177 e. The number of rotatable bonds is 4. The summed E-state index contributed by atoms with van der Waals surface area (Å²) in [4.78, 5) is 2.24. The fraction of sp³-hybridized carbons (Fsp3) is 0.300. The summed E-state index contributed by atoms with van der Waals surface area (Å²) in [5.41, 5.74) is 5.73. The smallest absolute Gasteiger partial charge is 0.177 e. The van der Waals surface area contributed by atoms with Gasteiger partial charge in [-0.2, -0.15) is 0 Å². The van der Waals surface area contributed by atoms with E-state index in [0.717, 1.165) is 17.9 Å². The largest absolute Gasteiger partial charge is 0.350 e. The molecule has 0 unspecified atom stereocenters. The third-order valence-corrected chi connectivity index (χ3v) is 4.50. The van der Waals surface area contributed by atoms with Gasteiger partial charge in [0.2, 0.25) is 0 Å². The molecular formula is C20H22N4O. The summed E-state index contributed by atoms with van der Waals surface area (Å²) in [5, 5.41) is 8.64. The zero-order chi connectivity index (χ0) is 17.2. The Labute approximate surface area is 147 Å². The van der Waals surface area contributed by atoms with Crippen molar-refractivity contribution in [3.63, 3.8) is 0 Å². The van der Waals surface area contributed by atoms with E-state index in [9.17, 15) is 0 Å². The second-order valence-electron chi connectivity index (χ2n) is 6.58. The second kappa shape index (κ2) is 6.69. The highest BCUT2D eigenvalue weighted by Gasteiger charge is 2.29. The first kappa shape index (κ1) is 15.8. The number of aryl methyl sites for hydroxylation is 2. The minimum Gasteiger partial charge on any atom is -0.350 e. The summed E-state index contributed by atoms with van der Waals surface area (Å²) in [6, 6.07) is 17.0. The molecule has 1 fully saturated rings. The summed E-state index contributed by atoms with van der Waals surface area (Å²) in [5.74, 6) is 0. The Morgan fingerprint density at radius 3 is 2.72 bits per heavy atom. The fourth-order valence-corrected chi connectivity index (χ4v) is 3.17. The van der Waals surface area contributed by atoms with E-state index in [1.165, 1.54) is 16.7 Å². The van der Waals surface area contributed by atoms with Gasteiger partial charge in [0, 0.05) is 12.2 Å². The molecule has 0 bridgehead atoms. The molecule has 0 aliphatic carbocycles. The van der Waals surface area contributed by atoms with Gasteiger partial charge in [-0.1, -0.05) is 47.2 Å². The standard InChI is InChI=1S/C20H22N4O/c1-15-6-8-17(9-7-15)13-23-14-19(21-22-23)20-24(10-11-25-20)18-5-3-4-16(2)12-18/h3-9,12,14,20H,10-11,13H2,1-2H3/t20-/m1/s1. The molecular weight excluding hydrogens is 312 g/mol. The second-order valence-corrected chi connectivity index (χ2v) is 6.58. The van der Waals surface area contributed by atoms with Crippen molar-refractivity contribution in [2.45, 2.75) is 26.6 Å². The van der Waals surface area contributed by atoms with Crippen LogP contribution in [-0.4, -0.2) is 28.1 Å². The Bertz CT molecular complexity index is 856. The number of nitrogens with zero attached hydrogens (tertiary/aromatic N) is 4. The van der Waals surface area contributed by atoms with Crippen LogP contribution in [0.5, 0.6) is 0 Å². The molecule has 0 radical (unpaired) electrons. The number of hydrogen-bond donors (Lipinski definition) is 0. The van der Waals surface area contributed by atoms with Crippen LogP contribution in [0.25, 0.3) is 0 Å². The maximum absolute atomic E-state index is 5.94. The summed E-state index contributed by atoms with van der Waals surface area (Å²) in [6.07, 6.45) is 1.81. The van der Waals surface area contributed by atoms with E-state index in [0.29, 0.717) is 13.2 Å². The van der Waals surface area contributed by atoms with Gasteiger partial charge in [-0.25, -0.2) is 4.68 Å². The zero-order valence-electron chi connectivity index (χ0n) is 14.6. The van der Waals surface area contributed by atoms with E-state index < -0.39 is 0 Å². The van der Waals surface area contributed by atoms with Crippen LogP contribution in [0.15, 0.2) is 54.7 Å². The van der Waals surface area contributed by atoms with E-state index in [-0.39, 0.29) is 6.23 Å². The Morgan fingerprint density at radius 2 is 1.92 bits per heavy atom. The molecule has 3 aromatic rings. The molecule has 1 saturated heterocycles. The quantitative estimate of drug-likeness (QED) is 0.733.